The van der Waals surface area contributed by atoms with Gasteiger partial charge in [-0.05, 0) is 24.1 Å². The summed E-state index contributed by atoms with van der Waals surface area (Å²) >= 11 is 0. The zero-order valence-corrected chi connectivity index (χ0v) is 15.7. The summed E-state index contributed by atoms with van der Waals surface area (Å²) < 4.78 is 3.28. The second-order valence-corrected chi connectivity index (χ2v) is 6.57. The van der Waals surface area contributed by atoms with Gasteiger partial charge >= 0.3 is 11.7 Å². The van der Waals surface area contributed by atoms with Crippen molar-refractivity contribution >= 4 is 22.9 Å². The van der Waals surface area contributed by atoms with Gasteiger partial charge in [-0.25, -0.2) is 9.59 Å². The summed E-state index contributed by atoms with van der Waals surface area (Å²) in [5, 5.41) is 12.0. The van der Waals surface area contributed by atoms with Crippen molar-refractivity contribution in [1.82, 2.24) is 14.5 Å². The van der Waals surface area contributed by atoms with Crippen molar-refractivity contribution < 1.29 is 14.7 Å². The maximum Gasteiger partial charge on any atom is 0.330 e. The van der Waals surface area contributed by atoms with E-state index >= 15 is 0 Å². The third-order valence-electron chi connectivity index (χ3n) is 4.62. The van der Waals surface area contributed by atoms with Crippen LogP contribution in [0.5, 0.6) is 0 Å². The molecule has 3 aromatic rings. The van der Waals surface area contributed by atoms with E-state index in [0.29, 0.717) is 12.1 Å². The highest BCUT2D eigenvalue weighted by Gasteiger charge is 2.22. The number of aromatic nitrogens is 2. The van der Waals surface area contributed by atoms with Gasteiger partial charge in [-0.2, -0.15) is 0 Å². The molecule has 0 saturated heterocycles. The molecule has 2 aromatic carbocycles. The van der Waals surface area contributed by atoms with Crippen LogP contribution in [-0.2, 0) is 22.7 Å². The van der Waals surface area contributed by atoms with E-state index < -0.39 is 17.9 Å². The van der Waals surface area contributed by atoms with Crippen LogP contribution in [0, 0.1) is 0 Å². The molecule has 2 N–H and O–H groups in total. The first kappa shape index (κ1) is 19.4. The number of carboxylic acid groups (broad SMARTS) is 1. The number of carbonyl (C=O) groups excluding carboxylic acids is 1. The number of carboxylic acids is 1. The number of aryl methyl sites for hydroxylation is 2. The van der Waals surface area contributed by atoms with Gasteiger partial charge in [0.1, 0.15) is 0 Å². The number of benzene rings is 2. The third-order valence-corrected chi connectivity index (χ3v) is 4.62. The Morgan fingerprint density at radius 1 is 0.964 bits per heavy atom. The van der Waals surface area contributed by atoms with Gasteiger partial charge in [-0.15, -0.1) is 0 Å². The molecule has 7 heteroatoms. The van der Waals surface area contributed by atoms with Crippen molar-refractivity contribution in [2.45, 2.75) is 38.9 Å². The molecule has 0 saturated carbocycles. The van der Waals surface area contributed by atoms with Crippen molar-refractivity contribution in [3.8, 4) is 0 Å². The Balaban J connectivity index is 1.77. The van der Waals surface area contributed by atoms with Crippen LogP contribution in [0.4, 0.5) is 0 Å². The number of imidazole rings is 1. The Hall–Kier alpha value is -3.35. The number of nitrogens with one attached hydrogen (secondary N) is 1. The molecule has 146 valence electrons. The van der Waals surface area contributed by atoms with Crippen molar-refractivity contribution in [2.75, 3.05) is 0 Å². The predicted molar refractivity (Wildman–Crippen MR) is 106 cm³/mol. The second-order valence-electron chi connectivity index (χ2n) is 6.57. The number of carbonyl (C=O) groups is 2. The monoisotopic (exact) mass is 381 g/mol. The minimum absolute atomic E-state index is 0.0106. The molecule has 1 heterocycles. The number of rotatable bonds is 8. The summed E-state index contributed by atoms with van der Waals surface area (Å²) in [6, 6.07) is 14.9. The highest BCUT2D eigenvalue weighted by Crippen LogP contribution is 2.15. The molecular weight excluding hydrogens is 358 g/mol. The Kier molecular flexibility index (Phi) is 5.93. The molecular formula is C21H23N3O4. The van der Waals surface area contributed by atoms with Crippen LogP contribution in [0.25, 0.3) is 11.0 Å². The lowest BCUT2D eigenvalue weighted by Gasteiger charge is -2.15. The van der Waals surface area contributed by atoms with E-state index in [0.717, 1.165) is 17.5 Å². The summed E-state index contributed by atoms with van der Waals surface area (Å²) in [4.78, 5) is 36.7. The van der Waals surface area contributed by atoms with Gasteiger partial charge < -0.3 is 10.4 Å². The number of fused-ring (bicyclic) bond motifs is 1. The largest absolute Gasteiger partial charge is 0.479 e. The summed E-state index contributed by atoms with van der Waals surface area (Å²) in [6.45, 7) is 2.79. The number of aliphatic carboxylic acids is 1. The maximum absolute atomic E-state index is 12.7. The highest BCUT2D eigenvalue weighted by atomic mass is 16.4. The minimum Gasteiger partial charge on any atom is -0.479 e. The minimum atomic E-state index is -1.13. The van der Waals surface area contributed by atoms with Gasteiger partial charge in [0.15, 0.2) is 6.04 Å². The normalized spacial score (nSPS) is 12.0. The van der Waals surface area contributed by atoms with E-state index in [4.69, 9.17) is 0 Å². The Bertz CT molecular complexity index is 1040. The van der Waals surface area contributed by atoms with Gasteiger partial charge in [0.25, 0.3) is 0 Å². The van der Waals surface area contributed by atoms with Crippen molar-refractivity contribution in [2.24, 2.45) is 0 Å². The van der Waals surface area contributed by atoms with Gasteiger partial charge in [0.05, 0.1) is 11.0 Å². The van der Waals surface area contributed by atoms with E-state index in [1.807, 2.05) is 31.2 Å². The summed E-state index contributed by atoms with van der Waals surface area (Å²) in [5.74, 6) is -1.55. The Morgan fingerprint density at radius 3 is 2.11 bits per heavy atom. The molecule has 0 unspecified atom stereocenters. The topological polar surface area (TPSA) is 93.3 Å². The number of para-hydroxylation sites is 2. The smallest absolute Gasteiger partial charge is 0.330 e. The first-order valence-electron chi connectivity index (χ1n) is 9.28. The lowest BCUT2D eigenvalue weighted by Crippen LogP contribution is -2.35. The molecule has 0 fully saturated rings. The average Bonchev–Trinajstić information content (AvgIpc) is 2.97. The van der Waals surface area contributed by atoms with Crippen molar-refractivity contribution in [3.63, 3.8) is 0 Å². The molecule has 0 spiro atoms. The number of hydrogen-bond acceptors (Lipinski definition) is 3. The summed E-state index contributed by atoms with van der Waals surface area (Å²) in [7, 11) is 0. The molecule has 0 bridgehead atoms. The van der Waals surface area contributed by atoms with E-state index in [2.05, 4.69) is 5.32 Å². The van der Waals surface area contributed by atoms with Crippen LogP contribution >= 0.6 is 0 Å². The van der Waals surface area contributed by atoms with Gasteiger partial charge in [-0.1, -0.05) is 49.4 Å². The number of nitrogens with zero attached hydrogens (tertiary/aromatic N) is 2. The molecule has 3 rings (SSSR count). The fourth-order valence-corrected chi connectivity index (χ4v) is 3.31. The van der Waals surface area contributed by atoms with Crippen molar-refractivity contribution in [3.05, 3.63) is 70.6 Å². The first-order chi connectivity index (χ1) is 13.5. The average molecular weight is 381 g/mol. The van der Waals surface area contributed by atoms with Gasteiger partial charge in [-0.3, -0.25) is 13.9 Å². The number of amides is 1. The zero-order valence-electron chi connectivity index (χ0n) is 15.7. The fourth-order valence-electron chi connectivity index (χ4n) is 3.31. The molecule has 0 aliphatic rings. The molecule has 0 aliphatic heterocycles. The van der Waals surface area contributed by atoms with Crippen molar-refractivity contribution in [1.29, 1.82) is 0 Å². The van der Waals surface area contributed by atoms with Crippen LogP contribution in [0.15, 0.2) is 59.4 Å². The molecule has 1 atom stereocenters. The van der Waals surface area contributed by atoms with Crippen LogP contribution in [0.2, 0.25) is 0 Å². The standard InChI is InChI=1S/C21H23N3O4/c1-2-13-23-16-10-6-7-11-17(16)24(21(23)28)14-12-18(25)22-19(20(26)27)15-8-4-3-5-9-15/h3-11,19H,2,12-14H2,1H3,(H,22,25)(H,26,27)/t19-/m0/s1. The lowest BCUT2D eigenvalue weighted by atomic mass is 10.1. The molecule has 1 amide bonds. The molecule has 1 aromatic heterocycles. The molecule has 0 aliphatic carbocycles. The maximum atomic E-state index is 12.7. The Labute approximate surface area is 162 Å². The zero-order chi connectivity index (χ0) is 20.1. The van der Waals surface area contributed by atoms with E-state index in [1.54, 1.807) is 39.5 Å². The predicted octanol–water partition coefficient (Wildman–Crippen LogP) is 2.55. The van der Waals surface area contributed by atoms with Crippen LogP contribution in [0.1, 0.15) is 31.4 Å². The first-order valence-corrected chi connectivity index (χ1v) is 9.28. The summed E-state index contributed by atoms with van der Waals surface area (Å²) in [6.07, 6.45) is 0.836. The second kappa shape index (κ2) is 8.56. The molecule has 0 radical (unpaired) electrons. The molecule has 28 heavy (non-hydrogen) atoms. The van der Waals surface area contributed by atoms with Crippen LogP contribution < -0.4 is 11.0 Å². The fraction of sp³-hybridized carbons (Fsp3) is 0.286. The van der Waals surface area contributed by atoms with Gasteiger partial charge in [0, 0.05) is 19.5 Å². The lowest BCUT2D eigenvalue weighted by molar-refractivity contribution is -0.142. The highest BCUT2D eigenvalue weighted by molar-refractivity contribution is 5.84. The van der Waals surface area contributed by atoms with E-state index in [1.165, 1.54) is 0 Å². The van der Waals surface area contributed by atoms with Crippen LogP contribution in [-0.4, -0.2) is 26.1 Å². The quantitative estimate of drug-likeness (QED) is 0.627. The Morgan fingerprint density at radius 2 is 1.54 bits per heavy atom. The van der Waals surface area contributed by atoms with Gasteiger partial charge in [0.2, 0.25) is 5.91 Å². The number of hydrogen-bond donors (Lipinski definition) is 2. The summed E-state index contributed by atoms with van der Waals surface area (Å²) in [5.41, 5.74) is 1.95. The third kappa shape index (κ3) is 3.98. The SMILES string of the molecule is CCCn1c(=O)n(CCC(=O)N[C@H](C(=O)O)c2ccccc2)c2ccccc21. The van der Waals surface area contributed by atoms with E-state index in [9.17, 15) is 19.5 Å². The van der Waals surface area contributed by atoms with E-state index in [-0.39, 0.29) is 18.7 Å². The van der Waals surface area contributed by atoms with Crippen LogP contribution in [0.3, 0.4) is 0 Å². The molecule has 7 nitrogen and oxygen atoms in total.